The summed E-state index contributed by atoms with van der Waals surface area (Å²) in [4.78, 5) is 15.0. The van der Waals surface area contributed by atoms with Crippen molar-refractivity contribution in [3.05, 3.63) is 54.0 Å². The lowest BCUT2D eigenvalue weighted by Crippen LogP contribution is -2.45. The van der Waals surface area contributed by atoms with Gasteiger partial charge in [-0.05, 0) is 63.7 Å². The van der Waals surface area contributed by atoms with E-state index in [1.807, 2.05) is 12.1 Å². The average molecular weight is 418 g/mol. The van der Waals surface area contributed by atoms with Crippen molar-refractivity contribution in [2.24, 2.45) is 5.92 Å². The van der Waals surface area contributed by atoms with E-state index in [-0.39, 0.29) is 29.7 Å². The first kappa shape index (κ1) is 20.8. The topological polar surface area (TPSA) is 54.7 Å². The Bertz CT molecular complexity index is 807. The molecule has 1 aliphatic carbocycles. The van der Waals surface area contributed by atoms with Gasteiger partial charge in [-0.2, -0.15) is 0 Å². The van der Waals surface area contributed by atoms with Crippen LogP contribution in [0.25, 0.3) is 0 Å². The summed E-state index contributed by atoms with van der Waals surface area (Å²) in [5.41, 5.74) is 0. The lowest BCUT2D eigenvalue weighted by molar-refractivity contribution is -0.127. The van der Waals surface area contributed by atoms with Gasteiger partial charge in [-0.1, -0.05) is 0 Å². The van der Waals surface area contributed by atoms with Crippen molar-refractivity contribution >= 4 is 5.91 Å². The number of halogens is 2. The third-order valence-corrected chi connectivity index (χ3v) is 6.08. The van der Waals surface area contributed by atoms with Crippen molar-refractivity contribution in [2.75, 3.05) is 13.1 Å². The summed E-state index contributed by atoms with van der Waals surface area (Å²) in [5.74, 6) is 0.104. The van der Waals surface area contributed by atoms with Gasteiger partial charge >= 0.3 is 0 Å². The van der Waals surface area contributed by atoms with Crippen LogP contribution < -0.4 is 10.1 Å². The van der Waals surface area contributed by atoms with Crippen molar-refractivity contribution < 1.29 is 22.7 Å². The molecule has 2 heterocycles. The number of benzene rings is 1. The summed E-state index contributed by atoms with van der Waals surface area (Å²) in [7, 11) is 0. The van der Waals surface area contributed by atoms with Gasteiger partial charge in [0.05, 0.1) is 18.9 Å². The molecule has 1 aromatic carbocycles. The molecule has 30 heavy (non-hydrogen) atoms. The molecule has 1 saturated carbocycles. The van der Waals surface area contributed by atoms with Crippen LogP contribution in [0.15, 0.2) is 41.0 Å². The quantitative estimate of drug-likeness (QED) is 0.761. The zero-order chi connectivity index (χ0) is 20.9. The lowest BCUT2D eigenvalue weighted by Gasteiger charge is -2.33. The first-order valence-corrected chi connectivity index (χ1v) is 10.7. The third-order valence-electron chi connectivity index (χ3n) is 6.08. The molecule has 0 bridgehead atoms. The van der Waals surface area contributed by atoms with Gasteiger partial charge in [-0.15, -0.1) is 0 Å². The summed E-state index contributed by atoms with van der Waals surface area (Å²) in [5, 5.41) is 3.20. The molecule has 0 atom stereocenters. The fraction of sp³-hybridized carbons (Fsp3) is 0.522. The number of amides is 1. The number of rotatable bonds is 6. The van der Waals surface area contributed by atoms with Crippen LogP contribution in [0.4, 0.5) is 8.78 Å². The predicted molar refractivity (Wildman–Crippen MR) is 108 cm³/mol. The van der Waals surface area contributed by atoms with Crippen LogP contribution >= 0.6 is 0 Å². The van der Waals surface area contributed by atoms with E-state index in [2.05, 4.69) is 10.2 Å². The van der Waals surface area contributed by atoms with E-state index in [0.29, 0.717) is 0 Å². The van der Waals surface area contributed by atoms with Crippen LogP contribution in [0.1, 0.15) is 44.3 Å². The van der Waals surface area contributed by atoms with Crippen LogP contribution in [-0.2, 0) is 11.3 Å². The molecule has 0 unspecified atom stereocenters. The van der Waals surface area contributed by atoms with Crippen molar-refractivity contribution in [2.45, 2.75) is 57.2 Å². The number of ether oxygens (including phenoxy) is 1. The van der Waals surface area contributed by atoms with E-state index < -0.39 is 11.6 Å². The number of furan rings is 1. The maximum absolute atomic E-state index is 13.3. The molecule has 2 fully saturated rings. The number of carbonyl (C=O) groups excluding carboxylic acids is 1. The van der Waals surface area contributed by atoms with Crippen molar-refractivity contribution in [3.63, 3.8) is 0 Å². The van der Waals surface area contributed by atoms with Gasteiger partial charge < -0.3 is 14.5 Å². The Morgan fingerprint density at radius 2 is 1.77 bits per heavy atom. The molecular weight excluding hydrogens is 390 g/mol. The van der Waals surface area contributed by atoms with E-state index in [1.165, 1.54) is 12.1 Å². The van der Waals surface area contributed by atoms with Gasteiger partial charge in [0, 0.05) is 30.2 Å². The Labute approximate surface area is 175 Å². The van der Waals surface area contributed by atoms with Crippen LogP contribution in [0, 0.1) is 17.6 Å². The van der Waals surface area contributed by atoms with Crippen molar-refractivity contribution in [1.82, 2.24) is 10.2 Å². The molecule has 0 spiro atoms. The molecule has 1 N–H and O–H groups in total. The van der Waals surface area contributed by atoms with E-state index in [9.17, 15) is 13.6 Å². The van der Waals surface area contributed by atoms with Gasteiger partial charge in [0.15, 0.2) is 0 Å². The van der Waals surface area contributed by atoms with Crippen molar-refractivity contribution in [3.8, 4) is 5.75 Å². The average Bonchev–Trinajstić information content (AvgIpc) is 3.22. The molecule has 2 aromatic rings. The van der Waals surface area contributed by atoms with E-state index >= 15 is 0 Å². The second-order valence-electron chi connectivity index (χ2n) is 8.34. The van der Waals surface area contributed by atoms with Crippen LogP contribution in [0.3, 0.4) is 0 Å². The highest BCUT2D eigenvalue weighted by Crippen LogP contribution is 2.26. The second kappa shape index (κ2) is 9.60. The normalized spacial score (nSPS) is 23.3. The highest BCUT2D eigenvalue weighted by Gasteiger charge is 2.29. The Hall–Kier alpha value is -2.41. The Morgan fingerprint density at radius 1 is 1.07 bits per heavy atom. The molecule has 5 nitrogen and oxygen atoms in total. The summed E-state index contributed by atoms with van der Waals surface area (Å²) in [6, 6.07) is 7.25. The molecule has 0 radical (unpaired) electrons. The molecule has 162 valence electrons. The second-order valence-corrected chi connectivity index (χ2v) is 8.34. The number of nitrogens with zero attached hydrogens (tertiary/aromatic N) is 1. The zero-order valence-electron chi connectivity index (χ0n) is 17.0. The van der Waals surface area contributed by atoms with Gasteiger partial charge in [0.2, 0.25) is 5.91 Å². The number of piperidine rings is 1. The highest BCUT2D eigenvalue weighted by molar-refractivity contribution is 5.79. The van der Waals surface area contributed by atoms with Gasteiger partial charge in [-0.3, -0.25) is 9.69 Å². The predicted octanol–water partition coefficient (Wildman–Crippen LogP) is 4.28. The molecule has 7 heteroatoms. The molecule has 2 aliphatic rings. The minimum atomic E-state index is -0.638. The van der Waals surface area contributed by atoms with Crippen LogP contribution in [0.2, 0.25) is 0 Å². The molecule has 4 rings (SSSR count). The fourth-order valence-corrected chi connectivity index (χ4v) is 4.41. The zero-order valence-corrected chi connectivity index (χ0v) is 17.0. The maximum Gasteiger partial charge on any atom is 0.223 e. The molecule has 1 aliphatic heterocycles. The minimum absolute atomic E-state index is 0.0575. The first-order chi connectivity index (χ1) is 14.5. The van der Waals surface area contributed by atoms with E-state index in [0.717, 1.165) is 70.0 Å². The van der Waals surface area contributed by atoms with Crippen LogP contribution in [-0.4, -0.2) is 36.0 Å². The third kappa shape index (κ3) is 5.59. The molecular formula is C23H28F2N2O3. The van der Waals surface area contributed by atoms with Gasteiger partial charge in [-0.25, -0.2) is 8.78 Å². The summed E-state index contributed by atoms with van der Waals surface area (Å²) in [6.45, 7) is 2.58. The number of hydrogen-bond acceptors (Lipinski definition) is 4. The fourth-order valence-electron chi connectivity index (χ4n) is 4.41. The molecule has 1 saturated heterocycles. The number of hydrogen-bond donors (Lipinski definition) is 1. The minimum Gasteiger partial charge on any atom is -0.490 e. The smallest absolute Gasteiger partial charge is 0.223 e. The molecule has 1 aromatic heterocycles. The van der Waals surface area contributed by atoms with Crippen LogP contribution in [0.5, 0.6) is 5.75 Å². The summed E-state index contributed by atoms with van der Waals surface area (Å²) >= 11 is 0. The standard InChI is InChI=1S/C23H28F2N2O3/c24-17-12-18(25)14-22(13-17)30-20-5-3-19(4-6-20)26-23(28)16-7-9-27(10-8-16)15-21-2-1-11-29-21/h1-2,11-14,16,19-20H,3-10,15H2,(H,26,28). The maximum atomic E-state index is 13.3. The Morgan fingerprint density at radius 3 is 2.40 bits per heavy atom. The number of likely N-dealkylation sites (tertiary alicyclic amines) is 1. The van der Waals surface area contributed by atoms with Crippen molar-refractivity contribution in [1.29, 1.82) is 0 Å². The highest BCUT2D eigenvalue weighted by atomic mass is 19.1. The summed E-state index contributed by atoms with van der Waals surface area (Å²) in [6.07, 6.45) is 6.45. The first-order valence-electron chi connectivity index (χ1n) is 10.7. The Balaban J connectivity index is 1.17. The summed E-state index contributed by atoms with van der Waals surface area (Å²) < 4.78 is 37.8. The monoisotopic (exact) mass is 418 g/mol. The lowest BCUT2D eigenvalue weighted by atomic mass is 9.91. The largest absolute Gasteiger partial charge is 0.490 e. The number of nitrogens with one attached hydrogen (secondary N) is 1. The number of carbonyl (C=O) groups is 1. The van der Waals surface area contributed by atoms with E-state index in [4.69, 9.17) is 9.15 Å². The van der Waals surface area contributed by atoms with Gasteiger partial charge in [0.1, 0.15) is 23.1 Å². The van der Waals surface area contributed by atoms with Gasteiger partial charge in [0.25, 0.3) is 0 Å². The SMILES string of the molecule is O=C(NC1CCC(Oc2cc(F)cc(F)c2)CC1)C1CCN(Cc2ccco2)CC1. The molecule has 1 amide bonds. The Kier molecular flexibility index (Phi) is 6.67. The van der Waals surface area contributed by atoms with E-state index in [1.54, 1.807) is 6.26 Å².